The van der Waals surface area contributed by atoms with Gasteiger partial charge in [-0.3, -0.25) is 9.59 Å². The molecule has 2 fully saturated rings. The molecular weight excluding hydrogens is 274 g/mol. The molecule has 1 aromatic rings. The zero-order chi connectivity index (χ0) is 16.1. The molecule has 1 aromatic carbocycles. The molecule has 2 bridgehead atoms. The molecule has 116 valence electrons. The van der Waals surface area contributed by atoms with Gasteiger partial charge in [0.25, 0.3) is 0 Å². The van der Waals surface area contributed by atoms with Gasteiger partial charge in [-0.05, 0) is 49.7 Å². The Morgan fingerprint density at radius 2 is 2.05 bits per heavy atom. The summed E-state index contributed by atoms with van der Waals surface area (Å²) < 4.78 is 0. The van der Waals surface area contributed by atoms with Gasteiger partial charge in [0.1, 0.15) is 0 Å². The number of fused-ring (bicyclic) bond motifs is 2. The fraction of sp³-hybridized carbons (Fsp3) is 0.474. The number of carbonyl (C=O) groups is 2. The van der Waals surface area contributed by atoms with Crippen LogP contribution in [0.3, 0.4) is 0 Å². The molecule has 0 aromatic heterocycles. The highest BCUT2D eigenvalue weighted by atomic mass is 16.2. The molecule has 3 heteroatoms. The summed E-state index contributed by atoms with van der Waals surface area (Å²) in [7, 11) is 0. The van der Waals surface area contributed by atoms with Gasteiger partial charge < -0.3 is 5.32 Å². The topological polar surface area (TPSA) is 46.2 Å². The Labute approximate surface area is 131 Å². The Morgan fingerprint density at radius 3 is 2.64 bits per heavy atom. The Balaban J connectivity index is 1.85. The van der Waals surface area contributed by atoms with Crippen LogP contribution in [0, 0.1) is 16.7 Å². The minimum absolute atomic E-state index is 0.00148. The van der Waals surface area contributed by atoms with Crippen molar-refractivity contribution in [2.45, 2.75) is 40.0 Å². The van der Waals surface area contributed by atoms with E-state index in [1.807, 2.05) is 6.07 Å². The lowest BCUT2D eigenvalue weighted by molar-refractivity contribution is -0.123. The van der Waals surface area contributed by atoms with Crippen molar-refractivity contribution in [3.63, 3.8) is 0 Å². The van der Waals surface area contributed by atoms with Crippen LogP contribution in [0.1, 0.15) is 50.4 Å². The highest BCUT2D eigenvalue weighted by Gasteiger charge is 2.60. The third-order valence-corrected chi connectivity index (χ3v) is 5.85. The Hall–Kier alpha value is -1.90. The van der Waals surface area contributed by atoms with E-state index in [0.29, 0.717) is 17.2 Å². The molecule has 1 amide bonds. The summed E-state index contributed by atoms with van der Waals surface area (Å²) >= 11 is 0. The Morgan fingerprint density at radius 1 is 1.32 bits per heavy atom. The maximum absolute atomic E-state index is 12.9. The van der Waals surface area contributed by atoms with Crippen LogP contribution in [0.4, 0.5) is 5.69 Å². The van der Waals surface area contributed by atoms with E-state index >= 15 is 0 Å². The van der Waals surface area contributed by atoms with E-state index in [-0.39, 0.29) is 17.1 Å². The largest absolute Gasteiger partial charge is 0.325 e. The van der Waals surface area contributed by atoms with Gasteiger partial charge in [0.2, 0.25) is 5.91 Å². The molecule has 1 N–H and O–H groups in total. The predicted molar refractivity (Wildman–Crippen MR) is 87.8 cm³/mol. The maximum Gasteiger partial charge on any atom is 0.234 e. The van der Waals surface area contributed by atoms with Crippen LogP contribution in [0.25, 0.3) is 0 Å². The van der Waals surface area contributed by atoms with Crippen molar-refractivity contribution in [1.29, 1.82) is 0 Å². The second kappa shape index (κ2) is 4.80. The van der Waals surface area contributed by atoms with E-state index in [1.165, 1.54) is 6.92 Å². The first-order chi connectivity index (χ1) is 10.3. The molecule has 0 heterocycles. The highest BCUT2D eigenvalue weighted by molar-refractivity contribution is 6.00. The standard InChI is InChI=1S/C19H23NO2/c1-12(21)14-6-5-7-16(10-14)20-17(22)19-9-8-15(11-19)18(3,4)13(19)2/h5-7,10,15H,2,8-9,11H2,1,3-4H3,(H,20,22)/t15-,19+/m0/s1. The summed E-state index contributed by atoms with van der Waals surface area (Å²) in [5, 5.41) is 3.01. The van der Waals surface area contributed by atoms with Crippen LogP contribution >= 0.6 is 0 Å². The normalized spacial score (nSPS) is 28.7. The number of benzene rings is 1. The monoisotopic (exact) mass is 297 g/mol. The number of anilines is 1. The first-order valence-corrected chi connectivity index (χ1v) is 7.90. The van der Waals surface area contributed by atoms with Crippen molar-refractivity contribution in [3.05, 3.63) is 42.0 Å². The quantitative estimate of drug-likeness (QED) is 0.671. The van der Waals surface area contributed by atoms with E-state index in [0.717, 1.165) is 24.8 Å². The molecular formula is C19H23NO2. The summed E-state index contributed by atoms with van der Waals surface area (Å²) in [6.45, 7) is 10.2. The van der Waals surface area contributed by atoms with E-state index in [4.69, 9.17) is 0 Å². The summed E-state index contributed by atoms with van der Waals surface area (Å²) in [5.41, 5.74) is 1.98. The Kier molecular flexibility index (Phi) is 3.28. The number of amides is 1. The minimum atomic E-state index is -0.430. The van der Waals surface area contributed by atoms with Gasteiger partial charge in [0, 0.05) is 11.3 Å². The van der Waals surface area contributed by atoms with Crippen molar-refractivity contribution in [1.82, 2.24) is 0 Å². The molecule has 3 rings (SSSR count). The van der Waals surface area contributed by atoms with E-state index in [2.05, 4.69) is 25.7 Å². The average molecular weight is 297 g/mol. The fourth-order valence-corrected chi connectivity index (χ4v) is 4.21. The van der Waals surface area contributed by atoms with Crippen molar-refractivity contribution in [2.24, 2.45) is 16.7 Å². The lowest BCUT2D eigenvalue weighted by atomic mass is 9.68. The van der Waals surface area contributed by atoms with Gasteiger partial charge in [-0.25, -0.2) is 0 Å². The summed E-state index contributed by atoms with van der Waals surface area (Å²) in [6.07, 6.45) is 2.88. The van der Waals surface area contributed by atoms with Gasteiger partial charge >= 0.3 is 0 Å². The number of Topliss-reactive ketones (excluding diaryl/α,β-unsaturated/α-hetero) is 1. The van der Waals surface area contributed by atoms with Crippen molar-refractivity contribution in [2.75, 3.05) is 5.32 Å². The van der Waals surface area contributed by atoms with Crippen LogP contribution in [0.5, 0.6) is 0 Å². The first-order valence-electron chi connectivity index (χ1n) is 7.90. The molecule has 0 aliphatic heterocycles. The van der Waals surface area contributed by atoms with Gasteiger partial charge in [0.15, 0.2) is 5.78 Å². The third kappa shape index (κ3) is 2.03. The molecule has 0 unspecified atom stereocenters. The number of rotatable bonds is 3. The van der Waals surface area contributed by atoms with Gasteiger partial charge in [-0.15, -0.1) is 0 Å². The fourth-order valence-electron chi connectivity index (χ4n) is 4.21. The number of nitrogens with one attached hydrogen (secondary N) is 1. The zero-order valence-corrected chi connectivity index (χ0v) is 13.5. The first kappa shape index (κ1) is 15.0. The SMILES string of the molecule is C=C1C(C)(C)[C@H]2CC[C@@]1(C(=O)Nc1cccc(C(C)=O)c1)C2. The molecule has 3 nitrogen and oxygen atoms in total. The van der Waals surface area contributed by atoms with Crippen molar-refractivity contribution >= 4 is 17.4 Å². The Bertz CT molecular complexity index is 674. The van der Waals surface area contributed by atoms with Crippen molar-refractivity contribution in [3.8, 4) is 0 Å². The van der Waals surface area contributed by atoms with Crippen molar-refractivity contribution < 1.29 is 9.59 Å². The van der Waals surface area contributed by atoms with Gasteiger partial charge in [-0.1, -0.05) is 38.1 Å². The van der Waals surface area contributed by atoms with E-state index in [9.17, 15) is 9.59 Å². The lowest BCUT2D eigenvalue weighted by Gasteiger charge is -2.37. The lowest BCUT2D eigenvalue weighted by Crippen LogP contribution is -2.37. The minimum Gasteiger partial charge on any atom is -0.325 e. The second-order valence-corrected chi connectivity index (χ2v) is 7.31. The van der Waals surface area contributed by atoms with Crippen LogP contribution in [0.15, 0.2) is 36.4 Å². The highest BCUT2D eigenvalue weighted by Crippen LogP contribution is 2.65. The molecule has 2 aliphatic carbocycles. The number of hydrogen-bond donors (Lipinski definition) is 1. The van der Waals surface area contributed by atoms with Crippen LogP contribution in [-0.4, -0.2) is 11.7 Å². The summed E-state index contributed by atoms with van der Waals surface area (Å²) in [5.74, 6) is 0.585. The molecule has 0 radical (unpaired) electrons. The molecule has 2 saturated carbocycles. The van der Waals surface area contributed by atoms with Gasteiger partial charge in [-0.2, -0.15) is 0 Å². The van der Waals surface area contributed by atoms with Gasteiger partial charge in [0.05, 0.1) is 5.41 Å². The average Bonchev–Trinajstić information content (AvgIpc) is 2.99. The van der Waals surface area contributed by atoms with Crippen LogP contribution in [-0.2, 0) is 4.79 Å². The molecule has 2 atom stereocenters. The zero-order valence-electron chi connectivity index (χ0n) is 13.5. The van der Waals surface area contributed by atoms with Crippen LogP contribution < -0.4 is 5.32 Å². The predicted octanol–water partition coefficient (Wildman–Crippen LogP) is 4.21. The molecule has 2 aliphatic rings. The third-order valence-electron chi connectivity index (χ3n) is 5.85. The smallest absolute Gasteiger partial charge is 0.234 e. The second-order valence-electron chi connectivity index (χ2n) is 7.31. The molecule has 22 heavy (non-hydrogen) atoms. The van der Waals surface area contributed by atoms with Crippen LogP contribution in [0.2, 0.25) is 0 Å². The van der Waals surface area contributed by atoms with E-state index < -0.39 is 5.41 Å². The molecule has 0 saturated heterocycles. The summed E-state index contributed by atoms with van der Waals surface area (Å²) in [4.78, 5) is 24.4. The molecule has 0 spiro atoms. The maximum atomic E-state index is 12.9. The number of ketones is 1. The number of hydrogen-bond acceptors (Lipinski definition) is 2. The number of carbonyl (C=O) groups excluding carboxylic acids is 2. The summed E-state index contributed by atoms with van der Waals surface area (Å²) in [6, 6.07) is 7.14. The van der Waals surface area contributed by atoms with E-state index in [1.54, 1.807) is 18.2 Å².